The Morgan fingerprint density at radius 1 is 1.00 bits per heavy atom. The fourth-order valence-electron chi connectivity index (χ4n) is 2.53. The van der Waals surface area contributed by atoms with Gasteiger partial charge in [-0.05, 0) is 49.2 Å². The first-order valence-electron chi connectivity index (χ1n) is 7.81. The molecule has 0 spiro atoms. The zero-order valence-electron chi connectivity index (χ0n) is 14.7. The van der Waals surface area contributed by atoms with Crippen molar-refractivity contribution in [2.75, 3.05) is 11.9 Å². The second-order valence-corrected chi connectivity index (χ2v) is 5.33. The molecule has 6 nitrogen and oxygen atoms in total. The third-order valence-electron chi connectivity index (χ3n) is 3.63. The Labute approximate surface area is 176 Å². The van der Waals surface area contributed by atoms with Gasteiger partial charge < -0.3 is 20.6 Å². The van der Waals surface area contributed by atoms with E-state index in [1.807, 2.05) is 6.07 Å². The van der Waals surface area contributed by atoms with Crippen molar-refractivity contribution in [1.29, 1.82) is 0 Å². The summed E-state index contributed by atoms with van der Waals surface area (Å²) in [5, 5.41) is 18.5. The summed E-state index contributed by atoms with van der Waals surface area (Å²) in [5.74, 6) is -0.287. The van der Waals surface area contributed by atoms with Crippen molar-refractivity contribution >= 4 is 16.6 Å². The molecule has 2 heterocycles. The van der Waals surface area contributed by atoms with E-state index in [0.717, 1.165) is 30.6 Å². The summed E-state index contributed by atoms with van der Waals surface area (Å²) in [6, 6.07) is 13.5. The van der Waals surface area contributed by atoms with Gasteiger partial charge in [-0.2, -0.15) is 0 Å². The van der Waals surface area contributed by atoms with Crippen LogP contribution in [0.4, 0.5) is 14.5 Å². The molecule has 136 valence electrons. The van der Waals surface area contributed by atoms with Gasteiger partial charge in [-0.1, -0.05) is 12.1 Å². The Kier molecular flexibility index (Phi) is 9.63. The molecule has 1 N–H and O–H groups in total. The smallest absolute Gasteiger partial charge is 0.385 e. The summed E-state index contributed by atoms with van der Waals surface area (Å²) >= 11 is 0. The zero-order valence-corrected chi connectivity index (χ0v) is 16.7. The summed E-state index contributed by atoms with van der Waals surface area (Å²) in [7, 11) is 0. The van der Waals surface area contributed by atoms with E-state index in [0.29, 0.717) is 10.9 Å². The van der Waals surface area contributed by atoms with Crippen LogP contribution in [0.2, 0.25) is 0 Å². The molecule has 9 heteroatoms. The number of hydrogen-bond donors (Lipinski definition) is 1. The molecule has 1 aliphatic heterocycles. The van der Waals surface area contributed by atoms with E-state index in [2.05, 4.69) is 10.3 Å². The molecule has 0 radical (unpaired) electrons. The Morgan fingerprint density at radius 3 is 2.33 bits per heavy atom. The minimum Gasteiger partial charge on any atom is -0.385 e. The van der Waals surface area contributed by atoms with Crippen LogP contribution in [0, 0.1) is 27.0 Å². The minimum atomic E-state index is -1.75. The number of aromatic nitrogens is 1. The minimum absolute atomic E-state index is 0. The largest absolute Gasteiger partial charge is 1.00 e. The van der Waals surface area contributed by atoms with Gasteiger partial charge in [0.25, 0.3) is 0 Å². The SMILES string of the molecule is Fc1cccc2c1CCCN2.Fc1cccc2ncccc12.O=[N+]([O-])[O-].[Na+]. The molecule has 1 aromatic heterocycles. The standard InChI is InChI=1S/C9H10FN.C9H6FN.NO3.Na/c2*10-8-4-1-5-9-7(8)3-2-6-11-9;2-1(3)4;/h1,4-5,11H,2-3,6H2;1-6H;;/q;;-1;+1. The monoisotopic (exact) mass is 383 g/mol. The summed E-state index contributed by atoms with van der Waals surface area (Å²) in [6.07, 6.45) is 3.56. The number of hydrogen-bond acceptors (Lipinski definition) is 5. The molecule has 3 aromatic rings. The van der Waals surface area contributed by atoms with E-state index < -0.39 is 5.09 Å². The normalized spacial score (nSPS) is 11.3. The van der Waals surface area contributed by atoms with Gasteiger partial charge in [0, 0.05) is 29.4 Å². The molecule has 0 unspecified atom stereocenters. The third-order valence-corrected chi connectivity index (χ3v) is 3.63. The fourth-order valence-corrected chi connectivity index (χ4v) is 2.53. The zero-order chi connectivity index (χ0) is 18.9. The van der Waals surface area contributed by atoms with Gasteiger partial charge in [0.1, 0.15) is 11.6 Å². The molecular formula is C18H16F2N3NaO3. The van der Waals surface area contributed by atoms with Crippen LogP contribution in [0.3, 0.4) is 0 Å². The second-order valence-electron chi connectivity index (χ2n) is 5.33. The molecule has 0 aliphatic carbocycles. The Balaban J connectivity index is 0.000000220. The van der Waals surface area contributed by atoms with Crippen molar-refractivity contribution < 1.29 is 43.4 Å². The van der Waals surface area contributed by atoms with E-state index in [9.17, 15) is 8.78 Å². The van der Waals surface area contributed by atoms with Gasteiger partial charge in [0.15, 0.2) is 0 Å². The van der Waals surface area contributed by atoms with Crippen LogP contribution in [0.15, 0.2) is 54.7 Å². The number of anilines is 1. The predicted molar refractivity (Wildman–Crippen MR) is 95.3 cm³/mol. The van der Waals surface area contributed by atoms with E-state index in [1.165, 1.54) is 12.1 Å². The van der Waals surface area contributed by atoms with Crippen LogP contribution in [-0.2, 0) is 6.42 Å². The van der Waals surface area contributed by atoms with E-state index in [4.69, 9.17) is 15.3 Å². The molecule has 4 rings (SSSR count). The summed E-state index contributed by atoms with van der Waals surface area (Å²) in [5.41, 5.74) is 2.52. The van der Waals surface area contributed by atoms with Crippen LogP contribution in [0.25, 0.3) is 10.9 Å². The molecule has 27 heavy (non-hydrogen) atoms. The topological polar surface area (TPSA) is 91.1 Å². The Hall–Kier alpha value is -2.29. The molecule has 0 amide bonds. The molecule has 0 atom stereocenters. The summed E-state index contributed by atoms with van der Waals surface area (Å²) in [4.78, 5) is 12.3. The molecule has 0 saturated carbocycles. The van der Waals surface area contributed by atoms with E-state index >= 15 is 0 Å². The van der Waals surface area contributed by atoms with Crippen molar-refractivity contribution in [3.63, 3.8) is 0 Å². The van der Waals surface area contributed by atoms with Gasteiger partial charge in [-0.25, -0.2) is 8.78 Å². The van der Waals surface area contributed by atoms with Gasteiger partial charge in [-0.3, -0.25) is 4.98 Å². The molecular weight excluding hydrogens is 367 g/mol. The summed E-state index contributed by atoms with van der Waals surface area (Å²) in [6.45, 7) is 0.969. The van der Waals surface area contributed by atoms with Gasteiger partial charge in [0.2, 0.25) is 0 Å². The van der Waals surface area contributed by atoms with Crippen molar-refractivity contribution in [3.05, 3.63) is 87.2 Å². The number of nitrogens with zero attached hydrogens (tertiary/aromatic N) is 2. The molecule has 1 aliphatic rings. The van der Waals surface area contributed by atoms with Crippen molar-refractivity contribution in [2.24, 2.45) is 0 Å². The quantitative estimate of drug-likeness (QED) is 0.359. The fraction of sp³-hybridized carbons (Fsp3) is 0.167. The number of benzene rings is 2. The van der Waals surface area contributed by atoms with Crippen LogP contribution in [-0.4, -0.2) is 16.6 Å². The maximum Gasteiger partial charge on any atom is 1.00 e. The van der Waals surface area contributed by atoms with Crippen LogP contribution >= 0.6 is 0 Å². The Morgan fingerprint density at radius 2 is 1.67 bits per heavy atom. The average Bonchev–Trinajstić information content (AvgIpc) is 2.63. The van der Waals surface area contributed by atoms with Crippen LogP contribution < -0.4 is 34.9 Å². The molecule has 0 fully saturated rings. The van der Waals surface area contributed by atoms with Gasteiger partial charge in [-0.15, -0.1) is 0 Å². The molecule has 0 bridgehead atoms. The maximum absolute atomic E-state index is 13.0. The van der Waals surface area contributed by atoms with Crippen LogP contribution in [0.1, 0.15) is 12.0 Å². The first-order valence-corrected chi connectivity index (χ1v) is 7.81. The van der Waals surface area contributed by atoms with Crippen molar-refractivity contribution in [2.45, 2.75) is 12.8 Å². The molecule has 0 saturated heterocycles. The third kappa shape index (κ3) is 7.09. The summed E-state index contributed by atoms with van der Waals surface area (Å²) < 4.78 is 26.0. The van der Waals surface area contributed by atoms with Gasteiger partial charge >= 0.3 is 29.6 Å². The average molecular weight is 383 g/mol. The Bertz CT molecular complexity index is 887. The van der Waals surface area contributed by atoms with E-state index in [1.54, 1.807) is 36.5 Å². The van der Waals surface area contributed by atoms with Crippen LogP contribution in [0.5, 0.6) is 0 Å². The first kappa shape index (κ1) is 22.8. The number of nitrogens with one attached hydrogen (secondary N) is 1. The van der Waals surface area contributed by atoms with E-state index in [-0.39, 0.29) is 41.2 Å². The second kappa shape index (κ2) is 11.4. The number of rotatable bonds is 0. The first-order chi connectivity index (χ1) is 12.5. The van der Waals surface area contributed by atoms with Crippen molar-refractivity contribution in [3.8, 4) is 0 Å². The molecule has 2 aromatic carbocycles. The van der Waals surface area contributed by atoms with Crippen molar-refractivity contribution in [1.82, 2.24) is 4.98 Å². The maximum atomic E-state index is 13.0. The number of halogens is 2. The number of pyridine rings is 1. The van der Waals surface area contributed by atoms with Gasteiger partial charge in [0.05, 0.1) is 10.6 Å². The predicted octanol–water partition coefficient (Wildman–Crippen LogP) is 1.32. The number of fused-ring (bicyclic) bond motifs is 2.